The number of hydrogen-bond donors (Lipinski definition) is 1. The van der Waals surface area contributed by atoms with Crippen LogP contribution >= 0.6 is 0 Å². The summed E-state index contributed by atoms with van der Waals surface area (Å²) in [4.78, 5) is 30.1. The fourth-order valence-electron chi connectivity index (χ4n) is 4.34. The zero-order valence-corrected chi connectivity index (χ0v) is 20.6. The molecule has 0 spiro atoms. The lowest BCUT2D eigenvalue weighted by atomic mass is 9.94. The molecule has 182 valence electrons. The molecule has 1 N–H and O–H groups in total. The van der Waals surface area contributed by atoms with Crippen LogP contribution in [0.3, 0.4) is 0 Å². The van der Waals surface area contributed by atoms with Gasteiger partial charge in [-0.05, 0) is 68.4 Å². The molecule has 1 amide bonds. The molecule has 1 fully saturated rings. The van der Waals surface area contributed by atoms with Gasteiger partial charge in [-0.3, -0.25) is 9.59 Å². The molecule has 3 rings (SSSR count). The number of carbonyl (C=O) groups is 2. The summed E-state index contributed by atoms with van der Waals surface area (Å²) < 4.78 is 10.9. The number of carbonyl (C=O) groups excluding carboxylic acids is 2. The zero-order chi connectivity index (χ0) is 24.8. The van der Waals surface area contributed by atoms with E-state index in [2.05, 4.69) is 18.7 Å². The molecule has 7 heteroatoms. The summed E-state index contributed by atoms with van der Waals surface area (Å²) in [6.07, 6.45) is 0. The molecule has 0 aromatic heterocycles. The number of Topliss-reactive ketones (excluding diaryl/α,β-unsaturated/α-hetero) is 1. The second kappa shape index (κ2) is 11.2. The molecule has 7 nitrogen and oxygen atoms in total. The van der Waals surface area contributed by atoms with Crippen LogP contribution in [0.2, 0.25) is 0 Å². The monoisotopic (exact) mass is 466 g/mol. The molecule has 1 saturated heterocycles. The predicted octanol–water partition coefficient (Wildman–Crippen LogP) is 4.17. The maximum absolute atomic E-state index is 13.2. The van der Waals surface area contributed by atoms with Crippen molar-refractivity contribution in [2.24, 2.45) is 0 Å². The molecule has 0 radical (unpaired) electrons. The van der Waals surface area contributed by atoms with E-state index < -0.39 is 17.7 Å². The number of ether oxygens (including phenoxy) is 2. The minimum atomic E-state index is -0.686. The topological polar surface area (TPSA) is 79.3 Å². The van der Waals surface area contributed by atoms with Gasteiger partial charge in [0.2, 0.25) is 0 Å². The zero-order valence-electron chi connectivity index (χ0n) is 20.6. The van der Waals surface area contributed by atoms with Crippen molar-refractivity contribution in [1.29, 1.82) is 0 Å². The Kier molecular flexibility index (Phi) is 8.34. The van der Waals surface area contributed by atoms with Gasteiger partial charge in [0.1, 0.15) is 17.3 Å². The second-order valence-electron chi connectivity index (χ2n) is 8.21. The van der Waals surface area contributed by atoms with Crippen molar-refractivity contribution < 1.29 is 24.2 Å². The third-order valence-electron chi connectivity index (χ3n) is 6.27. The summed E-state index contributed by atoms with van der Waals surface area (Å²) in [6.45, 7) is 11.1. The highest BCUT2D eigenvalue weighted by molar-refractivity contribution is 6.46. The van der Waals surface area contributed by atoms with E-state index in [0.29, 0.717) is 36.8 Å². The number of rotatable bonds is 10. The van der Waals surface area contributed by atoms with E-state index in [9.17, 15) is 14.7 Å². The lowest BCUT2D eigenvalue weighted by molar-refractivity contribution is -0.140. The van der Waals surface area contributed by atoms with E-state index in [4.69, 9.17) is 9.47 Å². The van der Waals surface area contributed by atoms with E-state index >= 15 is 0 Å². The number of ketones is 1. The molecular formula is C27H34N2O5. The number of hydrogen-bond acceptors (Lipinski definition) is 6. The Bertz CT molecular complexity index is 1060. The normalized spacial score (nSPS) is 17.5. The van der Waals surface area contributed by atoms with Crippen LogP contribution in [-0.4, -0.2) is 66.5 Å². The first-order chi connectivity index (χ1) is 16.4. The number of amides is 1. The van der Waals surface area contributed by atoms with Gasteiger partial charge in [-0.1, -0.05) is 26.0 Å². The highest BCUT2D eigenvalue weighted by atomic mass is 16.5. The Morgan fingerprint density at radius 2 is 1.74 bits per heavy atom. The average Bonchev–Trinajstić information content (AvgIpc) is 3.10. The molecule has 0 saturated carbocycles. The van der Waals surface area contributed by atoms with Crippen LogP contribution in [0, 0.1) is 6.92 Å². The number of aliphatic hydroxyl groups excluding tert-OH is 1. The van der Waals surface area contributed by atoms with E-state index in [1.165, 1.54) is 0 Å². The van der Waals surface area contributed by atoms with Gasteiger partial charge in [-0.2, -0.15) is 0 Å². The van der Waals surface area contributed by atoms with Crippen LogP contribution in [0.25, 0.3) is 5.76 Å². The lowest BCUT2D eigenvalue weighted by Crippen LogP contribution is -2.38. The van der Waals surface area contributed by atoms with Crippen molar-refractivity contribution in [2.45, 2.75) is 33.7 Å². The number of benzene rings is 2. The van der Waals surface area contributed by atoms with Gasteiger partial charge in [0, 0.05) is 18.7 Å². The number of aliphatic hydroxyl groups is 1. The van der Waals surface area contributed by atoms with Crippen molar-refractivity contribution >= 4 is 17.4 Å². The van der Waals surface area contributed by atoms with Gasteiger partial charge in [-0.15, -0.1) is 0 Å². The predicted molar refractivity (Wildman–Crippen MR) is 132 cm³/mol. The highest BCUT2D eigenvalue weighted by Crippen LogP contribution is 2.40. The molecule has 0 unspecified atom stereocenters. The maximum atomic E-state index is 13.2. The summed E-state index contributed by atoms with van der Waals surface area (Å²) in [5.41, 5.74) is 2.13. The Hall–Kier alpha value is -3.32. The molecule has 1 aliphatic rings. The highest BCUT2D eigenvalue weighted by Gasteiger charge is 2.46. The van der Waals surface area contributed by atoms with Crippen molar-refractivity contribution in [3.8, 4) is 11.5 Å². The Morgan fingerprint density at radius 1 is 1.06 bits per heavy atom. The van der Waals surface area contributed by atoms with Crippen molar-refractivity contribution in [3.63, 3.8) is 0 Å². The van der Waals surface area contributed by atoms with Gasteiger partial charge < -0.3 is 24.4 Å². The molecular weight excluding hydrogens is 432 g/mol. The Labute approximate surface area is 201 Å². The molecule has 34 heavy (non-hydrogen) atoms. The summed E-state index contributed by atoms with van der Waals surface area (Å²) in [6, 6.07) is 11.8. The van der Waals surface area contributed by atoms with Crippen molar-refractivity contribution in [1.82, 2.24) is 9.80 Å². The van der Waals surface area contributed by atoms with Crippen LogP contribution in [0.4, 0.5) is 0 Å². The summed E-state index contributed by atoms with van der Waals surface area (Å²) in [7, 11) is 1.58. The molecule has 0 aliphatic carbocycles. The molecule has 2 aromatic carbocycles. The third kappa shape index (κ3) is 5.09. The number of aryl methyl sites for hydroxylation is 1. The number of nitrogens with zero attached hydrogens (tertiary/aromatic N) is 2. The number of methoxy groups -OCH3 is 1. The van der Waals surface area contributed by atoms with Gasteiger partial charge in [0.25, 0.3) is 11.7 Å². The Balaban J connectivity index is 2.09. The quantitative estimate of drug-likeness (QED) is 0.322. The standard InChI is InChI=1S/C27H34N2O5/c1-6-28(7-2)15-16-29-24(19-9-12-21(13-10-19)34-8-3)23(26(31)27(29)32)25(30)20-11-14-22(33-5)18(4)17-20/h9-14,17,24,30H,6-8,15-16H2,1-5H3/t24-/m0/s1. The largest absolute Gasteiger partial charge is 0.507 e. The summed E-state index contributed by atoms with van der Waals surface area (Å²) >= 11 is 0. The van der Waals surface area contributed by atoms with Crippen molar-refractivity contribution in [3.05, 3.63) is 64.7 Å². The lowest BCUT2D eigenvalue weighted by Gasteiger charge is -2.28. The van der Waals surface area contributed by atoms with E-state index in [1.807, 2.05) is 38.1 Å². The minimum Gasteiger partial charge on any atom is -0.507 e. The van der Waals surface area contributed by atoms with Gasteiger partial charge >= 0.3 is 0 Å². The second-order valence-corrected chi connectivity index (χ2v) is 8.21. The first-order valence-corrected chi connectivity index (χ1v) is 11.7. The SMILES string of the molecule is CCOc1ccc([C@H]2C(=C(O)c3ccc(OC)c(C)c3)C(=O)C(=O)N2CCN(CC)CC)cc1. The fourth-order valence-corrected chi connectivity index (χ4v) is 4.34. The number of likely N-dealkylation sites (tertiary alicyclic amines) is 1. The first-order valence-electron chi connectivity index (χ1n) is 11.7. The van der Waals surface area contributed by atoms with E-state index in [1.54, 1.807) is 30.2 Å². The van der Waals surface area contributed by atoms with E-state index in [0.717, 1.165) is 24.2 Å². The van der Waals surface area contributed by atoms with Crippen LogP contribution in [0.1, 0.15) is 43.5 Å². The molecule has 0 bridgehead atoms. The van der Waals surface area contributed by atoms with Gasteiger partial charge in [0.15, 0.2) is 0 Å². The molecule has 1 heterocycles. The Morgan fingerprint density at radius 3 is 2.29 bits per heavy atom. The third-order valence-corrected chi connectivity index (χ3v) is 6.27. The molecule has 1 aliphatic heterocycles. The minimum absolute atomic E-state index is 0.0956. The molecule has 2 aromatic rings. The number of likely N-dealkylation sites (N-methyl/N-ethyl adjacent to an activating group) is 1. The van der Waals surface area contributed by atoms with Gasteiger partial charge in [0.05, 0.1) is 25.3 Å². The van der Waals surface area contributed by atoms with Crippen LogP contribution in [0.15, 0.2) is 48.0 Å². The van der Waals surface area contributed by atoms with Crippen LogP contribution in [-0.2, 0) is 9.59 Å². The fraction of sp³-hybridized carbons (Fsp3) is 0.407. The van der Waals surface area contributed by atoms with Crippen LogP contribution < -0.4 is 9.47 Å². The molecule has 1 atom stereocenters. The maximum Gasteiger partial charge on any atom is 0.295 e. The van der Waals surface area contributed by atoms with E-state index in [-0.39, 0.29) is 11.3 Å². The average molecular weight is 467 g/mol. The first kappa shape index (κ1) is 25.3. The van der Waals surface area contributed by atoms with Crippen LogP contribution in [0.5, 0.6) is 11.5 Å². The smallest absolute Gasteiger partial charge is 0.295 e. The summed E-state index contributed by atoms with van der Waals surface area (Å²) in [5.74, 6) is -0.0769. The summed E-state index contributed by atoms with van der Waals surface area (Å²) in [5, 5.41) is 11.3. The van der Waals surface area contributed by atoms with Gasteiger partial charge in [-0.25, -0.2) is 0 Å². The van der Waals surface area contributed by atoms with Crippen molar-refractivity contribution in [2.75, 3.05) is 39.9 Å².